The largest absolute Gasteiger partial charge is 0.480 e. The van der Waals surface area contributed by atoms with Crippen LogP contribution in [0.4, 0.5) is 0 Å². The van der Waals surface area contributed by atoms with E-state index in [1.165, 1.54) is 4.90 Å². The smallest absolute Gasteiger partial charge is 0.326 e. The topological polar surface area (TPSA) is 205 Å². The monoisotopic (exact) mass is 415 g/mol. The van der Waals surface area contributed by atoms with Gasteiger partial charge in [-0.15, -0.1) is 0 Å². The van der Waals surface area contributed by atoms with Crippen LogP contribution in [0.15, 0.2) is 0 Å². The van der Waals surface area contributed by atoms with Gasteiger partial charge >= 0.3 is 5.97 Å². The first kappa shape index (κ1) is 24.3. The number of carbonyl (C=O) groups excluding carboxylic acids is 4. The molecule has 1 aliphatic heterocycles. The fourth-order valence-electron chi connectivity index (χ4n) is 3.02. The van der Waals surface area contributed by atoms with Gasteiger partial charge in [-0.1, -0.05) is 13.8 Å². The number of hydrogen-bond donors (Lipinski definition) is 6. The maximum Gasteiger partial charge on any atom is 0.326 e. The van der Waals surface area contributed by atoms with E-state index in [1.54, 1.807) is 13.8 Å². The summed E-state index contributed by atoms with van der Waals surface area (Å²) in [6.07, 6.45) is 0.422. The van der Waals surface area contributed by atoms with Crippen LogP contribution in [-0.4, -0.2) is 82.0 Å². The number of nitrogens with two attached hydrogens (primary N) is 2. The highest BCUT2D eigenvalue weighted by Gasteiger charge is 2.39. The van der Waals surface area contributed by atoms with Gasteiger partial charge < -0.3 is 37.2 Å². The molecule has 4 amide bonds. The molecule has 0 aromatic rings. The number of hydrogen-bond acceptors (Lipinski definition) is 7. The SMILES string of the molecule is CC(C)C(NC(=O)C(CO)NC(=O)C(N)CC(N)=O)C(=O)N1CCCC1C(=O)O. The molecule has 0 aliphatic carbocycles. The van der Waals surface area contributed by atoms with Crippen molar-refractivity contribution in [1.82, 2.24) is 15.5 Å². The van der Waals surface area contributed by atoms with E-state index < -0.39 is 66.8 Å². The molecule has 1 aliphatic rings. The van der Waals surface area contributed by atoms with E-state index in [0.29, 0.717) is 12.8 Å². The summed E-state index contributed by atoms with van der Waals surface area (Å²) in [5.41, 5.74) is 10.5. The van der Waals surface area contributed by atoms with Gasteiger partial charge in [-0.25, -0.2) is 4.79 Å². The van der Waals surface area contributed by atoms with Gasteiger partial charge in [0.2, 0.25) is 23.6 Å². The van der Waals surface area contributed by atoms with Crippen molar-refractivity contribution in [3.05, 3.63) is 0 Å². The Hall–Kier alpha value is -2.73. The highest BCUT2D eigenvalue weighted by atomic mass is 16.4. The molecule has 0 aromatic carbocycles. The van der Waals surface area contributed by atoms with Crippen molar-refractivity contribution in [2.45, 2.75) is 57.3 Å². The second-order valence-electron chi connectivity index (χ2n) is 7.28. The van der Waals surface area contributed by atoms with Gasteiger partial charge in [0, 0.05) is 6.54 Å². The van der Waals surface area contributed by atoms with Gasteiger partial charge in [0.05, 0.1) is 19.1 Å². The standard InChI is InChI=1S/C17H29N5O7/c1-8(2)13(16(27)22-5-3-4-11(22)17(28)29)21-15(26)10(7-23)20-14(25)9(18)6-12(19)24/h8-11,13,23H,3-7,18H2,1-2H3,(H2,19,24)(H,20,25)(H,21,26)(H,28,29). The number of amides is 4. The summed E-state index contributed by atoms with van der Waals surface area (Å²) < 4.78 is 0. The summed E-state index contributed by atoms with van der Waals surface area (Å²) in [5.74, 6) is -4.56. The highest BCUT2D eigenvalue weighted by Crippen LogP contribution is 2.20. The number of carboxylic acid groups (broad SMARTS) is 1. The molecule has 4 unspecified atom stereocenters. The molecule has 29 heavy (non-hydrogen) atoms. The predicted octanol–water partition coefficient (Wildman–Crippen LogP) is -3.12. The molecule has 0 spiro atoms. The average molecular weight is 415 g/mol. The van der Waals surface area contributed by atoms with Crippen LogP contribution < -0.4 is 22.1 Å². The van der Waals surface area contributed by atoms with Gasteiger partial charge in [-0.3, -0.25) is 19.2 Å². The molecule has 12 nitrogen and oxygen atoms in total. The zero-order valence-corrected chi connectivity index (χ0v) is 16.5. The molecule has 1 fully saturated rings. The van der Waals surface area contributed by atoms with Gasteiger partial charge in [0.1, 0.15) is 18.1 Å². The summed E-state index contributed by atoms with van der Waals surface area (Å²) >= 11 is 0. The van der Waals surface area contributed by atoms with E-state index in [4.69, 9.17) is 11.5 Å². The average Bonchev–Trinajstić information content (AvgIpc) is 3.12. The molecular formula is C17H29N5O7. The lowest BCUT2D eigenvalue weighted by atomic mass is 10.0. The summed E-state index contributed by atoms with van der Waals surface area (Å²) in [4.78, 5) is 60.7. The summed E-state index contributed by atoms with van der Waals surface area (Å²) in [7, 11) is 0. The normalized spacial score (nSPS) is 19.3. The Morgan fingerprint density at radius 3 is 2.24 bits per heavy atom. The number of likely N-dealkylation sites (tertiary alicyclic amines) is 1. The quantitative estimate of drug-likeness (QED) is 0.215. The lowest BCUT2D eigenvalue weighted by molar-refractivity contribution is -0.150. The van der Waals surface area contributed by atoms with E-state index >= 15 is 0 Å². The van der Waals surface area contributed by atoms with Crippen LogP contribution in [0.5, 0.6) is 0 Å². The van der Waals surface area contributed by atoms with Crippen LogP contribution in [0.2, 0.25) is 0 Å². The molecular weight excluding hydrogens is 386 g/mol. The lowest BCUT2D eigenvalue weighted by Crippen LogP contribution is -2.59. The van der Waals surface area contributed by atoms with E-state index in [-0.39, 0.29) is 12.5 Å². The van der Waals surface area contributed by atoms with E-state index in [9.17, 15) is 34.2 Å². The molecule has 1 heterocycles. The van der Waals surface area contributed by atoms with E-state index in [2.05, 4.69) is 10.6 Å². The van der Waals surface area contributed by atoms with E-state index in [1.807, 2.05) is 0 Å². The number of aliphatic hydroxyl groups excluding tert-OH is 1. The molecule has 1 rings (SSSR count). The van der Waals surface area contributed by atoms with Crippen molar-refractivity contribution in [3.8, 4) is 0 Å². The van der Waals surface area contributed by atoms with Crippen LogP contribution in [0.1, 0.15) is 33.1 Å². The number of aliphatic hydroxyl groups is 1. The molecule has 1 saturated heterocycles. The summed E-state index contributed by atoms with van der Waals surface area (Å²) in [5, 5.41) is 23.4. The minimum Gasteiger partial charge on any atom is -0.480 e. The van der Waals surface area contributed by atoms with Crippen LogP contribution in [-0.2, 0) is 24.0 Å². The Labute approximate surface area is 168 Å². The number of nitrogens with one attached hydrogen (secondary N) is 2. The zero-order valence-electron chi connectivity index (χ0n) is 16.5. The highest BCUT2D eigenvalue weighted by molar-refractivity contribution is 5.95. The van der Waals surface area contributed by atoms with Gasteiger partial charge in [-0.2, -0.15) is 0 Å². The Morgan fingerprint density at radius 1 is 1.14 bits per heavy atom. The third kappa shape index (κ3) is 6.68. The fraction of sp³-hybridized carbons (Fsp3) is 0.706. The molecule has 4 atom stereocenters. The first-order valence-corrected chi connectivity index (χ1v) is 9.28. The maximum absolute atomic E-state index is 12.8. The number of carboxylic acids is 1. The molecule has 0 aromatic heterocycles. The molecule has 0 saturated carbocycles. The van der Waals surface area contributed by atoms with Crippen molar-refractivity contribution < 1.29 is 34.2 Å². The second kappa shape index (κ2) is 10.7. The van der Waals surface area contributed by atoms with Crippen LogP contribution in [0.3, 0.4) is 0 Å². The van der Waals surface area contributed by atoms with Crippen molar-refractivity contribution in [2.75, 3.05) is 13.2 Å². The van der Waals surface area contributed by atoms with E-state index in [0.717, 1.165) is 0 Å². The van der Waals surface area contributed by atoms with Crippen LogP contribution >= 0.6 is 0 Å². The molecule has 0 bridgehead atoms. The zero-order chi connectivity index (χ0) is 22.3. The molecule has 12 heteroatoms. The van der Waals surface area contributed by atoms with Gasteiger partial charge in [-0.05, 0) is 18.8 Å². The third-order valence-electron chi connectivity index (χ3n) is 4.62. The summed E-state index contributed by atoms with van der Waals surface area (Å²) in [6.45, 7) is 2.83. The molecule has 0 radical (unpaired) electrons. The van der Waals surface area contributed by atoms with Crippen molar-refractivity contribution in [3.63, 3.8) is 0 Å². The van der Waals surface area contributed by atoms with Crippen molar-refractivity contribution >= 4 is 29.6 Å². The van der Waals surface area contributed by atoms with Crippen LogP contribution in [0, 0.1) is 5.92 Å². The number of rotatable bonds is 10. The first-order valence-electron chi connectivity index (χ1n) is 9.28. The Kier molecular flexibility index (Phi) is 8.98. The number of nitrogens with zero attached hydrogens (tertiary/aromatic N) is 1. The first-order chi connectivity index (χ1) is 13.5. The predicted molar refractivity (Wildman–Crippen MR) is 99.9 cm³/mol. The fourth-order valence-corrected chi connectivity index (χ4v) is 3.02. The van der Waals surface area contributed by atoms with Crippen molar-refractivity contribution in [2.24, 2.45) is 17.4 Å². The maximum atomic E-state index is 12.8. The number of carbonyl (C=O) groups is 5. The minimum absolute atomic E-state index is 0.261. The van der Waals surface area contributed by atoms with Gasteiger partial charge in [0.15, 0.2) is 0 Å². The third-order valence-corrected chi connectivity index (χ3v) is 4.62. The second-order valence-corrected chi connectivity index (χ2v) is 7.28. The Balaban J connectivity index is 2.84. The lowest BCUT2D eigenvalue weighted by Gasteiger charge is -2.30. The molecule has 164 valence electrons. The minimum atomic E-state index is -1.41. The van der Waals surface area contributed by atoms with Crippen molar-refractivity contribution in [1.29, 1.82) is 0 Å². The Morgan fingerprint density at radius 2 is 1.76 bits per heavy atom. The Bertz CT molecular complexity index is 654. The summed E-state index contributed by atoms with van der Waals surface area (Å²) in [6, 6.07) is -4.71. The van der Waals surface area contributed by atoms with Gasteiger partial charge in [0.25, 0.3) is 0 Å². The number of primary amides is 1. The molecule has 8 N–H and O–H groups in total. The number of aliphatic carboxylic acids is 1. The van der Waals surface area contributed by atoms with Crippen LogP contribution in [0.25, 0.3) is 0 Å².